The monoisotopic (exact) mass is 278 g/mol. The van der Waals surface area contributed by atoms with E-state index in [4.69, 9.17) is 9.84 Å². The molecule has 5 heteroatoms. The van der Waals surface area contributed by atoms with Gasteiger partial charge in [0.25, 0.3) is 0 Å². The number of aromatic nitrogens is 2. The van der Waals surface area contributed by atoms with Crippen LogP contribution in [0.5, 0.6) is 0 Å². The Morgan fingerprint density at radius 3 is 2.55 bits per heavy atom. The predicted octanol–water partition coefficient (Wildman–Crippen LogP) is 2.08. The first-order valence-electron chi connectivity index (χ1n) is 7.14. The van der Waals surface area contributed by atoms with E-state index in [2.05, 4.69) is 9.97 Å². The number of hydrogen-bond donors (Lipinski definition) is 1. The fourth-order valence-corrected chi connectivity index (χ4v) is 2.60. The first-order chi connectivity index (χ1) is 9.47. The maximum absolute atomic E-state index is 11.0. The standard InChI is InChI=1S/C15H22N2O3/c1-9(15(18)19)7-13-10(2)16-14(17-11(13)3)8-12-5-4-6-20-12/h9,12H,4-8H2,1-3H3,(H,18,19). The Kier molecular flexibility index (Phi) is 4.70. The second kappa shape index (κ2) is 6.31. The van der Waals surface area contributed by atoms with E-state index in [1.807, 2.05) is 13.8 Å². The molecule has 1 saturated heterocycles. The molecule has 2 atom stereocenters. The first-order valence-corrected chi connectivity index (χ1v) is 7.14. The number of carboxylic acid groups (broad SMARTS) is 1. The van der Waals surface area contributed by atoms with Crippen molar-refractivity contribution in [2.75, 3.05) is 6.61 Å². The van der Waals surface area contributed by atoms with E-state index >= 15 is 0 Å². The molecule has 20 heavy (non-hydrogen) atoms. The zero-order valence-corrected chi connectivity index (χ0v) is 12.3. The molecule has 2 heterocycles. The number of ether oxygens (including phenoxy) is 1. The van der Waals surface area contributed by atoms with Gasteiger partial charge >= 0.3 is 5.97 Å². The average Bonchev–Trinajstić information content (AvgIpc) is 2.86. The Hall–Kier alpha value is -1.49. The summed E-state index contributed by atoms with van der Waals surface area (Å²) in [6, 6.07) is 0. The van der Waals surface area contributed by atoms with E-state index in [0.717, 1.165) is 48.6 Å². The molecule has 110 valence electrons. The van der Waals surface area contributed by atoms with Crippen LogP contribution in [0.25, 0.3) is 0 Å². The van der Waals surface area contributed by atoms with E-state index < -0.39 is 11.9 Å². The number of carbonyl (C=O) groups is 1. The summed E-state index contributed by atoms with van der Waals surface area (Å²) in [7, 11) is 0. The first kappa shape index (κ1) is 14.9. The van der Waals surface area contributed by atoms with Gasteiger partial charge in [0, 0.05) is 24.4 Å². The Balaban J connectivity index is 2.13. The van der Waals surface area contributed by atoms with E-state index in [1.165, 1.54) is 0 Å². The van der Waals surface area contributed by atoms with Gasteiger partial charge in [-0.15, -0.1) is 0 Å². The van der Waals surface area contributed by atoms with Gasteiger partial charge in [-0.3, -0.25) is 4.79 Å². The fraction of sp³-hybridized carbons (Fsp3) is 0.667. The predicted molar refractivity (Wildman–Crippen MR) is 74.7 cm³/mol. The second-order valence-corrected chi connectivity index (χ2v) is 5.57. The lowest BCUT2D eigenvalue weighted by Crippen LogP contribution is -2.17. The summed E-state index contributed by atoms with van der Waals surface area (Å²) >= 11 is 0. The summed E-state index contributed by atoms with van der Waals surface area (Å²) in [5, 5.41) is 9.01. The molecule has 1 fully saturated rings. The van der Waals surface area contributed by atoms with Crippen LogP contribution in [0.3, 0.4) is 0 Å². The quantitative estimate of drug-likeness (QED) is 0.892. The Morgan fingerprint density at radius 2 is 2.05 bits per heavy atom. The van der Waals surface area contributed by atoms with Gasteiger partial charge in [-0.2, -0.15) is 0 Å². The zero-order chi connectivity index (χ0) is 14.7. The molecule has 1 N–H and O–H groups in total. The lowest BCUT2D eigenvalue weighted by molar-refractivity contribution is -0.141. The summed E-state index contributed by atoms with van der Waals surface area (Å²) in [6.45, 7) is 6.40. The van der Waals surface area contributed by atoms with Gasteiger partial charge in [-0.05, 0) is 38.7 Å². The van der Waals surface area contributed by atoms with Gasteiger partial charge in [0.05, 0.1) is 12.0 Å². The third kappa shape index (κ3) is 3.54. The molecular formula is C15H22N2O3. The van der Waals surface area contributed by atoms with Gasteiger partial charge in [-0.25, -0.2) is 9.97 Å². The summed E-state index contributed by atoms with van der Waals surface area (Å²) in [5.41, 5.74) is 2.73. The molecule has 0 amide bonds. The van der Waals surface area contributed by atoms with Crippen molar-refractivity contribution < 1.29 is 14.6 Å². The van der Waals surface area contributed by atoms with Crippen LogP contribution < -0.4 is 0 Å². The van der Waals surface area contributed by atoms with Crippen LogP contribution >= 0.6 is 0 Å². The van der Waals surface area contributed by atoms with Gasteiger partial charge in [-0.1, -0.05) is 6.92 Å². The van der Waals surface area contributed by atoms with Gasteiger partial charge in [0.1, 0.15) is 5.82 Å². The van der Waals surface area contributed by atoms with Crippen molar-refractivity contribution in [3.8, 4) is 0 Å². The molecule has 5 nitrogen and oxygen atoms in total. The van der Waals surface area contributed by atoms with Crippen molar-refractivity contribution in [3.05, 3.63) is 22.8 Å². The van der Waals surface area contributed by atoms with Crippen LogP contribution in [-0.4, -0.2) is 33.8 Å². The van der Waals surface area contributed by atoms with Crippen LogP contribution in [-0.2, 0) is 22.4 Å². The van der Waals surface area contributed by atoms with Crippen LogP contribution in [0.1, 0.15) is 42.5 Å². The minimum Gasteiger partial charge on any atom is -0.481 e. The Morgan fingerprint density at radius 1 is 1.40 bits per heavy atom. The lowest BCUT2D eigenvalue weighted by Gasteiger charge is -2.14. The summed E-state index contributed by atoms with van der Waals surface area (Å²) < 4.78 is 5.61. The molecule has 0 bridgehead atoms. The number of hydrogen-bond acceptors (Lipinski definition) is 4. The van der Waals surface area contributed by atoms with Crippen LogP contribution in [0.2, 0.25) is 0 Å². The van der Waals surface area contributed by atoms with Crippen LogP contribution in [0.4, 0.5) is 0 Å². The molecule has 1 aromatic rings. The Bertz CT molecular complexity index is 473. The molecule has 0 saturated carbocycles. The van der Waals surface area contributed by atoms with E-state index in [0.29, 0.717) is 6.42 Å². The van der Waals surface area contributed by atoms with E-state index in [9.17, 15) is 4.79 Å². The molecule has 2 rings (SSSR count). The number of nitrogens with zero attached hydrogens (tertiary/aromatic N) is 2. The molecule has 2 unspecified atom stereocenters. The maximum Gasteiger partial charge on any atom is 0.306 e. The largest absolute Gasteiger partial charge is 0.481 e. The van der Waals surface area contributed by atoms with Crippen molar-refractivity contribution in [3.63, 3.8) is 0 Å². The Labute approximate surface area is 119 Å². The molecule has 1 aliphatic rings. The highest BCUT2D eigenvalue weighted by Gasteiger charge is 2.20. The molecule has 0 aromatic carbocycles. The smallest absolute Gasteiger partial charge is 0.306 e. The minimum absolute atomic E-state index is 0.234. The molecule has 1 aromatic heterocycles. The van der Waals surface area contributed by atoms with Crippen molar-refractivity contribution in [1.82, 2.24) is 9.97 Å². The number of aryl methyl sites for hydroxylation is 2. The molecule has 0 aliphatic carbocycles. The number of rotatable bonds is 5. The molecular weight excluding hydrogens is 256 g/mol. The molecule has 0 spiro atoms. The van der Waals surface area contributed by atoms with Gasteiger partial charge in [0.2, 0.25) is 0 Å². The van der Waals surface area contributed by atoms with Gasteiger partial charge in [0.15, 0.2) is 0 Å². The highest BCUT2D eigenvalue weighted by molar-refractivity contribution is 5.70. The second-order valence-electron chi connectivity index (χ2n) is 5.57. The van der Waals surface area contributed by atoms with Crippen LogP contribution in [0, 0.1) is 19.8 Å². The fourth-order valence-electron chi connectivity index (χ4n) is 2.60. The maximum atomic E-state index is 11.0. The number of carboxylic acids is 1. The third-order valence-electron chi connectivity index (χ3n) is 3.83. The molecule has 1 aliphatic heterocycles. The highest BCUT2D eigenvalue weighted by atomic mass is 16.5. The van der Waals surface area contributed by atoms with Crippen molar-refractivity contribution in [1.29, 1.82) is 0 Å². The highest BCUT2D eigenvalue weighted by Crippen LogP contribution is 2.19. The van der Waals surface area contributed by atoms with E-state index in [1.54, 1.807) is 6.92 Å². The van der Waals surface area contributed by atoms with Crippen molar-refractivity contribution in [2.45, 2.75) is 52.6 Å². The topological polar surface area (TPSA) is 72.3 Å². The van der Waals surface area contributed by atoms with Gasteiger partial charge < -0.3 is 9.84 Å². The minimum atomic E-state index is -0.785. The van der Waals surface area contributed by atoms with E-state index in [-0.39, 0.29) is 6.10 Å². The summed E-state index contributed by atoms with van der Waals surface area (Å²) in [6.07, 6.45) is 3.64. The average molecular weight is 278 g/mol. The molecule has 0 radical (unpaired) electrons. The third-order valence-corrected chi connectivity index (χ3v) is 3.83. The normalized spacial score (nSPS) is 20.1. The zero-order valence-electron chi connectivity index (χ0n) is 12.3. The van der Waals surface area contributed by atoms with Crippen molar-refractivity contribution in [2.24, 2.45) is 5.92 Å². The van der Waals surface area contributed by atoms with Crippen LogP contribution in [0.15, 0.2) is 0 Å². The summed E-state index contributed by atoms with van der Waals surface area (Å²) in [4.78, 5) is 20.0. The lowest BCUT2D eigenvalue weighted by atomic mass is 9.99. The summed E-state index contributed by atoms with van der Waals surface area (Å²) in [5.74, 6) is -0.397. The van der Waals surface area contributed by atoms with Crippen molar-refractivity contribution >= 4 is 5.97 Å². The number of aliphatic carboxylic acids is 1. The SMILES string of the molecule is Cc1nc(CC2CCCO2)nc(C)c1CC(C)C(=O)O.